The van der Waals surface area contributed by atoms with Crippen molar-refractivity contribution in [3.05, 3.63) is 24.3 Å². The van der Waals surface area contributed by atoms with Crippen LogP contribution in [0, 0.1) is 0 Å². The van der Waals surface area contributed by atoms with Crippen LogP contribution in [-0.4, -0.2) is 16.7 Å². The van der Waals surface area contributed by atoms with E-state index in [1.165, 1.54) is 0 Å². The Hall–Kier alpha value is -0.670. The first kappa shape index (κ1) is 10.8. The minimum atomic E-state index is -0.240. The van der Waals surface area contributed by atoms with Crippen molar-refractivity contribution in [3.8, 4) is 0 Å². The SMILES string of the molecule is CC1(C)Sc2ccccc2N1C(=O)CCl. The highest BCUT2D eigenvalue weighted by Crippen LogP contribution is 2.49. The standard InChI is InChI=1S/C11H12ClNOS/c1-11(2)13(10(14)7-12)8-5-3-4-6-9(8)15-11/h3-6H,7H2,1-2H3. The van der Waals surface area contributed by atoms with Crippen LogP contribution in [0.2, 0.25) is 0 Å². The number of alkyl halides is 1. The number of amides is 1. The number of benzene rings is 1. The molecule has 1 aliphatic rings. The highest BCUT2D eigenvalue weighted by Gasteiger charge is 2.40. The molecule has 2 rings (SSSR count). The van der Waals surface area contributed by atoms with Gasteiger partial charge in [-0.3, -0.25) is 9.69 Å². The van der Waals surface area contributed by atoms with Gasteiger partial charge >= 0.3 is 0 Å². The normalized spacial score (nSPS) is 17.7. The van der Waals surface area contributed by atoms with E-state index in [2.05, 4.69) is 0 Å². The molecule has 1 aromatic rings. The topological polar surface area (TPSA) is 20.3 Å². The Labute approximate surface area is 98.6 Å². The third-order valence-corrected chi connectivity index (χ3v) is 3.84. The van der Waals surface area contributed by atoms with Crippen molar-refractivity contribution in [2.75, 3.05) is 10.8 Å². The largest absolute Gasteiger partial charge is 0.295 e. The molecule has 1 aromatic carbocycles. The van der Waals surface area contributed by atoms with Gasteiger partial charge in [0.25, 0.3) is 0 Å². The summed E-state index contributed by atoms with van der Waals surface area (Å²) in [5.41, 5.74) is 0.971. The highest BCUT2D eigenvalue weighted by molar-refractivity contribution is 8.01. The summed E-state index contributed by atoms with van der Waals surface area (Å²) in [6, 6.07) is 7.91. The minimum Gasteiger partial charge on any atom is -0.295 e. The van der Waals surface area contributed by atoms with E-state index in [0.717, 1.165) is 10.6 Å². The fourth-order valence-corrected chi connectivity index (χ4v) is 3.19. The number of para-hydroxylation sites is 1. The summed E-state index contributed by atoms with van der Waals surface area (Å²) >= 11 is 7.32. The second kappa shape index (κ2) is 3.72. The van der Waals surface area contributed by atoms with E-state index < -0.39 is 0 Å². The quantitative estimate of drug-likeness (QED) is 0.705. The number of fused-ring (bicyclic) bond motifs is 1. The molecule has 0 N–H and O–H groups in total. The monoisotopic (exact) mass is 241 g/mol. The van der Waals surface area contributed by atoms with Crippen LogP contribution in [0.3, 0.4) is 0 Å². The third kappa shape index (κ3) is 1.74. The van der Waals surface area contributed by atoms with Gasteiger partial charge in [0, 0.05) is 4.90 Å². The van der Waals surface area contributed by atoms with E-state index in [9.17, 15) is 4.79 Å². The van der Waals surface area contributed by atoms with Gasteiger partial charge in [0.15, 0.2) is 0 Å². The van der Waals surface area contributed by atoms with Crippen molar-refractivity contribution in [2.45, 2.75) is 23.6 Å². The van der Waals surface area contributed by atoms with E-state index in [1.807, 2.05) is 38.1 Å². The molecule has 0 aliphatic carbocycles. The lowest BCUT2D eigenvalue weighted by molar-refractivity contribution is -0.116. The fourth-order valence-electron chi connectivity index (χ4n) is 1.83. The van der Waals surface area contributed by atoms with Crippen molar-refractivity contribution in [1.82, 2.24) is 0 Å². The minimum absolute atomic E-state index is 0.0261. The third-order valence-electron chi connectivity index (χ3n) is 2.37. The van der Waals surface area contributed by atoms with Gasteiger partial charge in [-0.15, -0.1) is 11.6 Å². The van der Waals surface area contributed by atoms with E-state index in [4.69, 9.17) is 11.6 Å². The lowest BCUT2D eigenvalue weighted by Gasteiger charge is -2.30. The molecule has 0 atom stereocenters. The van der Waals surface area contributed by atoms with E-state index in [0.29, 0.717) is 0 Å². The highest BCUT2D eigenvalue weighted by atomic mass is 35.5. The summed E-state index contributed by atoms with van der Waals surface area (Å²) in [7, 11) is 0. The average Bonchev–Trinajstić information content (AvgIpc) is 2.46. The van der Waals surface area contributed by atoms with Crippen LogP contribution in [0.25, 0.3) is 0 Å². The van der Waals surface area contributed by atoms with Crippen LogP contribution in [0.5, 0.6) is 0 Å². The number of rotatable bonds is 1. The Bertz CT molecular complexity index is 405. The zero-order chi connectivity index (χ0) is 11.1. The summed E-state index contributed by atoms with van der Waals surface area (Å²) < 4.78 is 0. The fraction of sp³-hybridized carbons (Fsp3) is 0.364. The number of halogens is 1. The summed E-state index contributed by atoms with van der Waals surface area (Å²) in [6.07, 6.45) is 0. The molecule has 0 saturated carbocycles. The lowest BCUT2D eigenvalue weighted by Crippen LogP contribution is -2.43. The molecule has 1 amide bonds. The molecule has 1 heterocycles. The van der Waals surface area contributed by atoms with Gasteiger partial charge in [0.2, 0.25) is 5.91 Å². The van der Waals surface area contributed by atoms with Gasteiger partial charge in [-0.05, 0) is 26.0 Å². The Kier molecular flexibility index (Phi) is 2.69. The number of thioether (sulfide) groups is 1. The molecule has 2 nitrogen and oxygen atoms in total. The molecule has 0 unspecified atom stereocenters. The van der Waals surface area contributed by atoms with Crippen molar-refractivity contribution in [2.24, 2.45) is 0 Å². The predicted molar refractivity (Wildman–Crippen MR) is 64.6 cm³/mol. The van der Waals surface area contributed by atoms with E-state index >= 15 is 0 Å². The van der Waals surface area contributed by atoms with Gasteiger partial charge in [-0.2, -0.15) is 0 Å². The number of hydrogen-bond donors (Lipinski definition) is 0. The zero-order valence-corrected chi connectivity index (χ0v) is 10.2. The molecule has 80 valence electrons. The average molecular weight is 242 g/mol. The Morgan fingerprint density at radius 3 is 2.80 bits per heavy atom. The molecule has 0 radical (unpaired) electrons. The number of nitrogens with zero attached hydrogens (tertiary/aromatic N) is 1. The van der Waals surface area contributed by atoms with E-state index in [-0.39, 0.29) is 16.7 Å². The summed E-state index contributed by atoms with van der Waals surface area (Å²) in [5.74, 6) is -0.0164. The smallest absolute Gasteiger partial charge is 0.243 e. The van der Waals surface area contributed by atoms with Gasteiger partial charge in [-0.25, -0.2) is 0 Å². The maximum Gasteiger partial charge on any atom is 0.243 e. The Balaban J connectivity index is 2.48. The van der Waals surface area contributed by atoms with E-state index in [1.54, 1.807) is 16.7 Å². The first-order chi connectivity index (χ1) is 7.06. The van der Waals surface area contributed by atoms with Gasteiger partial charge in [-0.1, -0.05) is 23.9 Å². The number of carbonyl (C=O) groups excluding carboxylic acids is 1. The lowest BCUT2D eigenvalue weighted by atomic mass is 10.2. The Morgan fingerprint density at radius 2 is 2.13 bits per heavy atom. The molecule has 15 heavy (non-hydrogen) atoms. The zero-order valence-electron chi connectivity index (χ0n) is 8.66. The van der Waals surface area contributed by atoms with Crippen molar-refractivity contribution in [1.29, 1.82) is 0 Å². The van der Waals surface area contributed by atoms with Gasteiger partial charge < -0.3 is 0 Å². The molecule has 1 aliphatic heterocycles. The predicted octanol–water partition coefficient (Wildman–Crippen LogP) is 3.10. The van der Waals surface area contributed by atoms with Crippen molar-refractivity contribution < 1.29 is 4.79 Å². The second-order valence-corrected chi connectivity index (χ2v) is 5.79. The maximum atomic E-state index is 11.8. The van der Waals surface area contributed by atoms with Crippen LogP contribution in [0.15, 0.2) is 29.2 Å². The van der Waals surface area contributed by atoms with Crippen molar-refractivity contribution >= 4 is 35.0 Å². The second-order valence-electron chi connectivity index (χ2n) is 3.88. The molecule has 0 saturated heterocycles. The van der Waals surface area contributed by atoms with Crippen LogP contribution in [0.4, 0.5) is 5.69 Å². The summed E-state index contributed by atoms with van der Waals surface area (Å²) in [6.45, 7) is 4.06. The van der Waals surface area contributed by atoms with Gasteiger partial charge in [0.05, 0.1) is 10.6 Å². The molecule has 0 fully saturated rings. The Morgan fingerprint density at radius 1 is 1.47 bits per heavy atom. The number of hydrogen-bond acceptors (Lipinski definition) is 2. The van der Waals surface area contributed by atoms with Crippen LogP contribution < -0.4 is 4.90 Å². The number of carbonyl (C=O) groups is 1. The van der Waals surface area contributed by atoms with Crippen molar-refractivity contribution in [3.63, 3.8) is 0 Å². The van der Waals surface area contributed by atoms with Crippen LogP contribution in [-0.2, 0) is 4.79 Å². The van der Waals surface area contributed by atoms with Crippen LogP contribution in [0.1, 0.15) is 13.8 Å². The first-order valence-electron chi connectivity index (χ1n) is 4.73. The number of anilines is 1. The molecule has 0 spiro atoms. The van der Waals surface area contributed by atoms with Gasteiger partial charge in [0.1, 0.15) is 5.88 Å². The summed E-state index contributed by atoms with van der Waals surface area (Å²) in [4.78, 5) is 14.5. The molecular weight excluding hydrogens is 230 g/mol. The van der Waals surface area contributed by atoms with Crippen LogP contribution >= 0.6 is 23.4 Å². The molecule has 0 aromatic heterocycles. The molecular formula is C11H12ClNOS. The molecule has 4 heteroatoms. The molecule has 0 bridgehead atoms. The maximum absolute atomic E-state index is 11.8. The summed E-state index contributed by atoms with van der Waals surface area (Å²) in [5, 5.41) is 0. The first-order valence-corrected chi connectivity index (χ1v) is 6.08.